The summed E-state index contributed by atoms with van der Waals surface area (Å²) in [7, 11) is 0. The average Bonchev–Trinajstić information content (AvgIpc) is 3.22. The molecule has 1 aromatic heterocycles. The highest BCUT2D eigenvalue weighted by Crippen LogP contribution is 2.59. The van der Waals surface area contributed by atoms with Gasteiger partial charge in [-0.3, -0.25) is 0 Å². The van der Waals surface area contributed by atoms with Crippen LogP contribution in [0.1, 0.15) is 17.2 Å². The predicted octanol–water partition coefficient (Wildman–Crippen LogP) is 4.44. The molecule has 0 bridgehead atoms. The van der Waals surface area contributed by atoms with Gasteiger partial charge in [-0.1, -0.05) is 41.9 Å². The fourth-order valence-corrected chi connectivity index (χ4v) is 3.75. The minimum atomic E-state index is -1.45. The predicted molar refractivity (Wildman–Crippen MR) is 98.3 cm³/mol. The lowest BCUT2D eigenvalue weighted by Gasteiger charge is -2.15. The van der Waals surface area contributed by atoms with E-state index >= 15 is 0 Å². The van der Waals surface area contributed by atoms with E-state index in [-0.39, 0.29) is 11.7 Å². The first-order chi connectivity index (χ1) is 13.5. The molecule has 0 radical (unpaired) electrons. The molecule has 1 N–H and O–H groups in total. The number of benzene rings is 2. The Hall–Kier alpha value is -2.62. The highest BCUT2D eigenvalue weighted by atomic mass is 35.5. The molecule has 0 spiro atoms. The Morgan fingerprint density at radius 2 is 2.18 bits per heavy atom. The molecular formula is C18H13ClFN3O4S. The van der Waals surface area contributed by atoms with Crippen LogP contribution in [0.2, 0.25) is 5.02 Å². The van der Waals surface area contributed by atoms with E-state index in [0.29, 0.717) is 22.6 Å². The van der Waals surface area contributed by atoms with Crippen molar-refractivity contribution in [2.24, 2.45) is 0 Å². The van der Waals surface area contributed by atoms with E-state index < -0.39 is 23.7 Å². The summed E-state index contributed by atoms with van der Waals surface area (Å²) in [5, 5.41) is 13.6. The molecule has 4 rings (SSSR count). The number of rotatable bonds is 6. The largest absolute Gasteiger partial charge is 0.518 e. The van der Waals surface area contributed by atoms with Gasteiger partial charge in [0.05, 0.1) is 6.54 Å². The molecule has 0 aliphatic carbocycles. The maximum atomic E-state index is 13.9. The third-order valence-electron chi connectivity index (χ3n) is 4.35. The van der Waals surface area contributed by atoms with Crippen molar-refractivity contribution in [2.75, 3.05) is 0 Å². The van der Waals surface area contributed by atoms with E-state index in [1.165, 1.54) is 23.1 Å². The number of halogens is 2. The number of carbonyl (C=O) groups is 1. The quantitative estimate of drug-likeness (QED) is 0.464. The molecule has 0 amide bonds. The maximum absolute atomic E-state index is 13.9. The Labute approximate surface area is 168 Å². The van der Waals surface area contributed by atoms with Gasteiger partial charge in [-0.25, -0.2) is 18.9 Å². The van der Waals surface area contributed by atoms with Crippen molar-refractivity contribution in [2.45, 2.75) is 23.4 Å². The van der Waals surface area contributed by atoms with Gasteiger partial charge in [0.1, 0.15) is 35.9 Å². The number of carboxylic acid groups (broad SMARTS) is 1. The molecular weight excluding hydrogens is 409 g/mol. The van der Waals surface area contributed by atoms with Gasteiger partial charge in [0.15, 0.2) is 0 Å². The molecule has 1 aliphatic rings. The molecule has 0 unspecified atom stereocenters. The highest BCUT2D eigenvalue weighted by molar-refractivity contribution is 7.94. The van der Waals surface area contributed by atoms with Gasteiger partial charge in [0.2, 0.25) is 5.16 Å². The highest BCUT2D eigenvalue weighted by Gasteiger charge is 2.60. The molecule has 144 valence electrons. The van der Waals surface area contributed by atoms with E-state index in [0.717, 1.165) is 5.56 Å². The van der Waals surface area contributed by atoms with Gasteiger partial charge in [-0.05, 0) is 23.8 Å². The van der Waals surface area contributed by atoms with E-state index in [9.17, 15) is 9.18 Å². The Morgan fingerprint density at radius 3 is 2.93 bits per heavy atom. The summed E-state index contributed by atoms with van der Waals surface area (Å²) in [6.07, 6.45) is -0.596. The van der Waals surface area contributed by atoms with Crippen LogP contribution in [-0.2, 0) is 21.1 Å². The molecule has 2 heterocycles. The van der Waals surface area contributed by atoms with Crippen LogP contribution < -0.4 is 0 Å². The van der Waals surface area contributed by atoms with E-state index in [1.807, 2.05) is 18.2 Å². The summed E-state index contributed by atoms with van der Waals surface area (Å²) < 4.78 is 25.9. The Kier molecular flexibility index (Phi) is 4.96. The third kappa shape index (κ3) is 3.56. The topological polar surface area (TPSA) is 89.8 Å². The number of ether oxygens (including phenoxy) is 1. The normalized spacial score (nSPS) is 20.7. The van der Waals surface area contributed by atoms with Crippen LogP contribution >= 0.6 is 23.6 Å². The Balaban J connectivity index is 1.70. The summed E-state index contributed by atoms with van der Waals surface area (Å²) in [5.74, 6) is -0.396. The standard InChI is InChI=1S/C18H13ClFN3O4S/c19-14-7-2-1-6-13(14)15-18(26-15,11-4-3-5-12(20)8-11)9-23-16(21-10-22-23)28-27-17(24)25/h1-8,10,15H,9H2,(H,24,25)/t15-,18-/m1/s1. The number of hydrogen-bond donors (Lipinski definition) is 1. The van der Waals surface area contributed by atoms with Crippen LogP contribution in [0.4, 0.5) is 9.18 Å². The van der Waals surface area contributed by atoms with Crippen molar-refractivity contribution in [3.05, 3.63) is 76.8 Å². The second kappa shape index (κ2) is 7.42. The van der Waals surface area contributed by atoms with Gasteiger partial charge >= 0.3 is 6.16 Å². The van der Waals surface area contributed by atoms with Crippen molar-refractivity contribution >= 4 is 29.8 Å². The molecule has 1 aliphatic heterocycles. The number of hydrogen-bond acceptors (Lipinski definition) is 6. The monoisotopic (exact) mass is 421 g/mol. The van der Waals surface area contributed by atoms with Gasteiger partial charge < -0.3 is 14.0 Å². The van der Waals surface area contributed by atoms with Crippen LogP contribution in [0.15, 0.2) is 60.0 Å². The van der Waals surface area contributed by atoms with Crippen LogP contribution in [0.5, 0.6) is 0 Å². The Bertz CT molecular complexity index is 1030. The van der Waals surface area contributed by atoms with Crippen molar-refractivity contribution < 1.29 is 23.2 Å². The molecule has 1 fully saturated rings. The zero-order valence-electron chi connectivity index (χ0n) is 14.2. The third-order valence-corrected chi connectivity index (χ3v) is 5.38. The van der Waals surface area contributed by atoms with Gasteiger partial charge in [-0.15, -0.1) is 0 Å². The summed E-state index contributed by atoms with van der Waals surface area (Å²) in [5.41, 5.74) is 0.451. The SMILES string of the molecule is O=C(O)OSc1ncnn1C[C@]1(c2cccc(F)c2)O[C@@H]1c1ccccc1Cl. The molecule has 3 aromatic rings. The molecule has 7 nitrogen and oxygen atoms in total. The smallest absolute Gasteiger partial charge is 0.449 e. The summed E-state index contributed by atoms with van der Waals surface area (Å²) in [4.78, 5) is 14.7. The van der Waals surface area contributed by atoms with Crippen molar-refractivity contribution in [3.8, 4) is 0 Å². The first kappa shape index (κ1) is 18.7. The molecule has 28 heavy (non-hydrogen) atoms. The van der Waals surface area contributed by atoms with Crippen LogP contribution in [-0.4, -0.2) is 26.0 Å². The summed E-state index contributed by atoms with van der Waals surface area (Å²) >= 11 is 6.89. The lowest BCUT2D eigenvalue weighted by molar-refractivity contribution is 0.152. The molecule has 2 atom stereocenters. The lowest BCUT2D eigenvalue weighted by atomic mass is 9.91. The van der Waals surface area contributed by atoms with Gasteiger partial charge in [0.25, 0.3) is 0 Å². The average molecular weight is 422 g/mol. The first-order valence-corrected chi connectivity index (χ1v) is 9.25. The van der Waals surface area contributed by atoms with Gasteiger partial charge in [-0.2, -0.15) is 5.10 Å². The number of epoxide rings is 1. The Morgan fingerprint density at radius 1 is 1.36 bits per heavy atom. The number of aromatic nitrogens is 3. The molecule has 2 aromatic carbocycles. The minimum absolute atomic E-state index is 0.164. The fraction of sp³-hybridized carbons (Fsp3) is 0.167. The molecule has 1 saturated heterocycles. The van der Waals surface area contributed by atoms with E-state index in [1.54, 1.807) is 18.2 Å². The zero-order chi connectivity index (χ0) is 19.7. The number of nitrogens with zero attached hydrogens (tertiary/aromatic N) is 3. The minimum Gasteiger partial charge on any atom is -0.449 e. The second-order valence-corrected chi connectivity index (χ2v) is 7.16. The van der Waals surface area contributed by atoms with E-state index in [4.69, 9.17) is 21.4 Å². The second-order valence-electron chi connectivity index (χ2n) is 6.05. The zero-order valence-corrected chi connectivity index (χ0v) is 15.7. The van der Waals surface area contributed by atoms with Crippen LogP contribution in [0, 0.1) is 5.82 Å². The van der Waals surface area contributed by atoms with Crippen molar-refractivity contribution in [1.29, 1.82) is 0 Å². The van der Waals surface area contributed by atoms with Crippen LogP contribution in [0.25, 0.3) is 0 Å². The maximum Gasteiger partial charge on any atom is 0.518 e. The molecule has 10 heteroatoms. The van der Waals surface area contributed by atoms with Crippen LogP contribution in [0.3, 0.4) is 0 Å². The first-order valence-electron chi connectivity index (χ1n) is 8.13. The lowest BCUT2D eigenvalue weighted by Crippen LogP contribution is -2.21. The summed E-state index contributed by atoms with van der Waals surface area (Å²) in [6.45, 7) is 0.164. The van der Waals surface area contributed by atoms with E-state index in [2.05, 4.69) is 14.3 Å². The summed E-state index contributed by atoms with van der Waals surface area (Å²) in [6, 6.07) is 13.4. The van der Waals surface area contributed by atoms with Gasteiger partial charge in [0, 0.05) is 10.6 Å². The fourth-order valence-electron chi connectivity index (χ4n) is 3.08. The molecule has 0 saturated carbocycles. The van der Waals surface area contributed by atoms with Crippen molar-refractivity contribution in [3.63, 3.8) is 0 Å². The van der Waals surface area contributed by atoms with Crippen molar-refractivity contribution in [1.82, 2.24) is 14.8 Å².